The van der Waals surface area contributed by atoms with E-state index in [1.54, 1.807) is 0 Å². The summed E-state index contributed by atoms with van der Waals surface area (Å²) in [5.41, 5.74) is 16.1. The molecule has 0 saturated carbocycles. The van der Waals surface area contributed by atoms with E-state index in [2.05, 4.69) is 10.6 Å². The molecule has 0 amide bonds. The van der Waals surface area contributed by atoms with Crippen LogP contribution in [0.15, 0.2) is 0 Å². The Labute approximate surface area is 133 Å². The molecule has 0 aliphatic carbocycles. The van der Waals surface area contributed by atoms with Crippen molar-refractivity contribution in [3.8, 4) is 0 Å². The highest BCUT2D eigenvalue weighted by atomic mass is 16.3. The molecule has 0 bridgehead atoms. The van der Waals surface area contributed by atoms with Crippen LogP contribution in [0.1, 0.15) is 44.9 Å². The number of aliphatic hydroxyl groups excluding tert-OH is 3. The normalized spacial score (nSPS) is 17.2. The van der Waals surface area contributed by atoms with Gasteiger partial charge in [0.1, 0.15) is 18.7 Å². The molecule has 0 aromatic carbocycles. The number of hydrogen-bond acceptors (Lipinski definition) is 8. The summed E-state index contributed by atoms with van der Waals surface area (Å²) in [6.45, 7) is 2.38. The molecule has 0 fully saturated rings. The molecule has 134 valence electrons. The van der Waals surface area contributed by atoms with Crippen LogP contribution in [0.2, 0.25) is 0 Å². The van der Waals surface area contributed by atoms with Gasteiger partial charge in [-0.2, -0.15) is 0 Å². The van der Waals surface area contributed by atoms with Crippen LogP contribution in [0.3, 0.4) is 0 Å². The van der Waals surface area contributed by atoms with Crippen molar-refractivity contribution in [3.63, 3.8) is 0 Å². The minimum atomic E-state index is -0.950. The first kappa shape index (κ1) is 21.7. The second kappa shape index (κ2) is 14.3. The molecular formula is C14H35N5O3. The van der Waals surface area contributed by atoms with E-state index < -0.39 is 18.7 Å². The SMILES string of the molecule is NC(O)CCCCNC(O)CCCNCCCC(N)C(N)O. The highest BCUT2D eigenvalue weighted by molar-refractivity contribution is 4.66. The van der Waals surface area contributed by atoms with E-state index in [9.17, 15) is 5.11 Å². The molecule has 0 radical (unpaired) electrons. The smallest absolute Gasteiger partial charge is 0.117 e. The minimum Gasteiger partial charge on any atom is -0.379 e. The van der Waals surface area contributed by atoms with Gasteiger partial charge in [-0.3, -0.25) is 5.32 Å². The first-order valence-electron chi connectivity index (χ1n) is 8.18. The number of hydrogen-bond donors (Lipinski definition) is 8. The van der Waals surface area contributed by atoms with Crippen molar-refractivity contribution in [1.82, 2.24) is 10.6 Å². The minimum absolute atomic E-state index is 0.367. The molecule has 0 aromatic heterocycles. The summed E-state index contributed by atoms with van der Waals surface area (Å²) in [5, 5.41) is 34.0. The van der Waals surface area contributed by atoms with Gasteiger partial charge in [0.05, 0.1) is 0 Å². The fraction of sp³-hybridized carbons (Fsp3) is 1.00. The first-order valence-corrected chi connectivity index (χ1v) is 8.18. The molecule has 0 aliphatic heterocycles. The van der Waals surface area contributed by atoms with Gasteiger partial charge < -0.3 is 37.8 Å². The maximum atomic E-state index is 9.72. The molecule has 0 aliphatic rings. The van der Waals surface area contributed by atoms with Crippen LogP contribution in [0.5, 0.6) is 0 Å². The molecule has 11 N–H and O–H groups in total. The Morgan fingerprint density at radius 1 is 0.727 bits per heavy atom. The lowest BCUT2D eigenvalue weighted by molar-refractivity contribution is 0.123. The molecule has 22 heavy (non-hydrogen) atoms. The topological polar surface area (TPSA) is 163 Å². The van der Waals surface area contributed by atoms with Crippen molar-refractivity contribution in [1.29, 1.82) is 0 Å². The monoisotopic (exact) mass is 321 g/mol. The van der Waals surface area contributed by atoms with Gasteiger partial charge in [0.25, 0.3) is 0 Å². The van der Waals surface area contributed by atoms with Gasteiger partial charge in [-0.25, -0.2) is 0 Å². The third kappa shape index (κ3) is 14.6. The van der Waals surface area contributed by atoms with E-state index >= 15 is 0 Å². The second-order valence-electron chi connectivity index (χ2n) is 5.72. The molecular weight excluding hydrogens is 286 g/mol. The van der Waals surface area contributed by atoms with Crippen LogP contribution in [-0.4, -0.2) is 59.7 Å². The van der Waals surface area contributed by atoms with Crippen LogP contribution < -0.4 is 27.8 Å². The van der Waals surface area contributed by atoms with E-state index in [4.69, 9.17) is 27.4 Å². The van der Waals surface area contributed by atoms with Crippen molar-refractivity contribution in [2.75, 3.05) is 19.6 Å². The Morgan fingerprint density at radius 3 is 1.95 bits per heavy atom. The number of unbranched alkanes of at least 4 members (excludes halogenated alkanes) is 1. The van der Waals surface area contributed by atoms with Gasteiger partial charge in [-0.05, 0) is 64.6 Å². The van der Waals surface area contributed by atoms with E-state index in [0.29, 0.717) is 19.3 Å². The van der Waals surface area contributed by atoms with Gasteiger partial charge in [-0.15, -0.1) is 0 Å². The standard InChI is InChI=1S/C14H35N5O3/c15-11(14(17)22)5-3-8-18-9-4-7-13(21)19-10-2-1-6-12(16)20/h11-14,18-22H,1-10,15-17H2. The van der Waals surface area contributed by atoms with Crippen molar-refractivity contribution in [2.45, 2.75) is 69.7 Å². The molecule has 0 heterocycles. The molecule has 4 unspecified atom stereocenters. The maximum absolute atomic E-state index is 9.72. The van der Waals surface area contributed by atoms with E-state index in [-0.39, 0.29) is 6.04 Å². The van der Waals surface area contributed by atoms with Crippen molar-refractivity contribution in [3.05, 3.63) is 0 Å². The molecule has 8 nitrogen and oxygen atoms in total. The lowest BCUT2D eigenvalue weighted by Gasteiger charge is -2.15. The molecule has 0 aromatic rings. The molecule has 0 rings (SSSR count). The van der Waals surface area contributed by atoms with Gasteiger partial charge in [0.15, 0.2) is 0 Å². The van der Waals surface area contributed by atoms with Gasteiger partial charge in [0.2, 0.25) is 0 Å². The Morgan fingerprint density at radius 2 is 1.36 bits per heavy atom. The Balaban J connectivity index is 3.26. The maximum Gasteiger partial charge on any atom is 0.117 e. The van der Waals surface area contributed by atoms with Crippen LogP contribution in [0.25, 0.3) is 0 Å². The summed E-state index contributed by atoms with van der Waals surface area (Å²) < 4.78 is 0. The second-order valence-corrected chi connectivity index (χ2v) is 5.72. The fourth-order valence-electron chi connectivity index (χ4n) is 2.03. The van der Waals surface area contributed by atoms with E-state index in [1.807, 2.05) is 0 Å². The van der Waals surface area contributed by atoms with E-state index in [1.165, 1.54) is 0 Å². The van der Waals surface area contributed by atoms with Crippen LogP contribution >= 0.6 is 0 Å². The predicted molar refractivity (Wildman–Crippen MR) is 87.6 cm³/mol. The average Bonchev–Trinajstić information content (AvgIpc) is 2.45. The third-order valence-electron chi connectivity index (χ3n) is 3.47. The zero-order valence-electron chi connectivity index (χ0n) is 13.5. The predicted octanol–water partition coefficient (Wildman–Crippen LogP) is -1.90. The summed E-state index contributed by atoms with van der Waals surface area (Å²) in [7, 11) is 0. The zero-order valence-corrected chi connectivity index (χ0v) is 13.5. The number of nitrogens with two attached hydrogens (primary N) is 3. The van der Waals surface area contributed by atoms with Crippen molar-refractivity contribution < 1.29 is 15.3 Å². The average molecular weight is 321 g/mol. The fourth-order valence-corrected chi connectivity index (χ4v) is 2.03. The molecule has 8 heteroatoms. The number of aliphatic hydroxyl groups is 3. The lowest BCUT2D eigenvalue weighted by atomic mass is 10.1. The summed E-state index contributed by atoms with van der Waals surface area (Å²) in [5.74, 6) is 0. The highest BCUT2D eigenvalue weighted by Crippen LogP contribution is 1.98. The number of nitrogens with one attached hydrogen (secondary N) is 2. The number of rotatable bonds is 15. The Kier molecular flexibility index (Phi) is 14.1. The summed E-state index contributed by atoms with van der Waals surface area (Å²) in [6.07, 6.45) is 3.25. The lowest BCUT2D eigenvalue weighted by Crippen LogP contribution is -2.41. The van der Waals surface area contributed by atoms with Gasteiger partial charge >= 0.3 is 0 Å². The zero-order chi connectivity index (χ0) is 16.8. The van der Waals surface area contributed by atoms with Gasteiger partial charge in [0, 0.05) is 6.04 Å². The molecule has 0 saturated heterocycles. The summed E-state index contributed by atoms with van der Waals surface area (Å²) in [4.78, 5) is 0. The largest absolute Gasteiger partial charge is 0.379 e. The Hall–Kier alpha value is -0.320. The Bertz CT molecular complexity index is 245. The molecule has 0 spiro atoms. The van der Waals surface area contributed by atoms with Crippen LogP contribution in [-0.2, 0) is 0 Å². The molecule has 4 atom stereocenters. The van der Waals surface area contributed by atoms with Gasteiger partial charge in [-0.1, -0.05) is 0 Å². The van der Waals surface area contributed by atoms with Crippen LogP contribution in [0.4, 0.5) is 0 Å². The van der Waals surface area contributed by atoms with Crippen molar-refractivity contribution >= 4 is 0 Å². The third-order valence-corrected chi connectivity index (χ3v) is 3.47. The quantitative estimate of drug-likeness (QED) is 0.128. The summed E-state index contributed by atoms with van der Waals surface area (Å²) >= 11 is 0. The highest BCUT2D eigenvalue weighted by Gasteiger charge is 2.08. The van der Waals surface area contributed by atoms with Crippen molar-refractivity contribution in [2.24, 2.45) is 17.2 Å². The summed E-state index contributed by atoms with van der Waals surface area (Å²) in [6, 6.07) is -0.367. The van der Waals surface area contributed by atoms with E-state index in [0.717, 1.165) is 45.3 Å². The first-order chi connectivity index (χ1) is 10.4. The van der Waals surface area contributed by atoms with Crippen LogP contribution in [0, 0.1) is 0 Å².